The van der Waals surface area contributed by atoms with Crippen molar-refractivity contribution in [3.8, 4) is 0 Å². The highest BCUT2D eigenvalue weighted by Gasteiger charge is 2.13. The van der Waals surface area contributed by atoms with E-state index in [2.05, 4.69) is 5.10 Å². The predicted octanol–water partition coefficient (Wildman–Crippen LogP) is 1.79. The van der Waals surface area contributed by atoms with Crippen LogP contribution in [0.15, 0.2) is 0 Å². The molecule has 0 amide bonds. The fraction of sp³-hybridized carbons (Fsp3) is 0.667. The molecule has 0 aliphatic rings. The number of aliphatic hydroxyl groups is 1. The average molecular weight is 203 g/mol. The second-order valence-electron chi connectivity index (χ2n) is 3.21. The Morgan fingerprint density at radius 2 is 2.23 bits per heavy atom. The van der Waals surface area contributed by atoms with E-state index < -0.39 is 0 Å². The van der Waals surface area contributed by atoms with Crippen LogP contribution in [0.5, 0.6) is 0 Å². The van der Waals surface area contributed by atoms with Crippen molar-refractivity contribution < 1.29 is 5.11 Å². The molecule has 4 heteroatoms. The second kappa shape index (κ2) is 4.11. The van der Waals surface area contributed by atoms with Crippen molar-refractivity contribution in [3.63, 3.8) is 0 Å². The lowest BCUT2D eigenvalue weighted by atomic mass is 10.2. The Morgan fingerprint density at radius 1 is 1.62 bits per heavy atom. The van der Waals surface area contributed by atoms with Crippen LogP contribution in [0.3, 0.4) is 0 Å². The monoisotopic (exact) mass is 202 g/mol. The zero-order chi connectivity index (χ0) is 10.0. The van der Waals surface area contributed by atoms with Crippen molar-refractivity contribution in [2.45, 2.75) is 39.8 Å². The van der Waals surface area contributed by atoms with Gasteiger partial charge in [0.1, 0.15) is 0 Å². The van der Waals surface area contributed by atoms with Crippen molar-refractivity contribution in [2.24, 2.45) is 0 Å². The molecule has 0 aromatic carbocycles. The minimum absolute atomic E-state index is 0.376. The lowest BCUT2D eigenvalue weighted by molar-refractivity contribution is 0.192. The normalized spacial score (nSPS) is 13.3. The molecule has 0 aliphatic carbocycles. The van der Waals surface area contributed by atoms with E-state index in [4.69, 9.17) is 11.6 Å². The first-order valence-corrected chi connectivity index (χ1v) is 4.83. The molecule has 0 saturated carbocycles. The summed E-state index contributed by atoms with van der Waals surface area (Å²) in [6.45, 7) is 6.42. The number of hydrogen-bond acceptors (Lipinski definition) is 2. The second-order valence-corrected chi connectivity index (χ2v) is 3.59. The molecule has 1 aromatic heterocycles. The molecule has 0 spiro atoms. The van der Waals surface area contributed by atoms with Gasteiger partial charge in [0.25, 0.3) is 0 Å². The Kier molecular flexibility index (Phi) is 3.33. The first-order chi connectivity index (χ1) is 6.06. The van der Waals surface area contributed by atoms with Crippen LogP contribution in [0, 0.1) is 6.92 Å². The number of nitrogens with zero attached hydrogens (tertiary/aromatic N) is 2. The molecule has 0 aliphatic heterocycles. The van der Waals surface area contributed by atoms with Gasteiger partial charge in [-0.15, -0.1) is 0 Å². The lowest BCUT2D eigenvalue weighted by Crippen LogP contribution is -2.10. The molecule has 1 unspecified atom stereocenters. The van der Waals surface area contributed by atoms with Crippen LogP contribution in [-0.2, 0) is 13.0 Å². The Morgan fingerprint density at radius 3 is 2.69 bits per heavy atom. The van der Waals surface area contributed by atoms with Gasteiger partial charge in [0, 0.05) is 13.0 Å². The van der Waals surface area contributed by atoms with Crippen LogP contribution < -0.4 is 0 Å². The summed E-state index contributed by atoms with van der Waals surface area (Å²) in [7, 11) is 0. The summed E-state index contributed by atoms with van der Waals surface area (Å²) in [4.78, 5) is 0. The van der Waals surface area contributed by atoms with E-state index in [1.54, 1.807) is 6.92 Å². The molecular weight excluding hydrogens is 188 g/mol. The summed E-state index contributed by atoms with van der Waals surface area (Å²) in [6.07, 6.45) is 0.187. The molecule has 1 rings (SSSR count). The quantitative estimate of drug-likeness (QED) is 0.812. The average Bonchev–Trinajstić information content (AvgIpc) is 2.31. The SMILES string of the molecule is CCn1nc(C)c(Cl)c1CC(C)O. The smallest absolute Gasteiger partial charge is 0.0848 e. The number of aryl methyl sites for hydroxylation is 2. The van der Waals surface area contributed by atoms with Gasteiger partial charge in [0.15, 0.2) is 0 Å². The van der Waals surface area contributed by atoms with Crippen LogP contribution in [-0.4, -0.2) is 21.0 Å². The zero-order valence-corrected chi connectivity index (χ0v) is 8.97. The Bertz CT molecular complexity index is 294. The topological polar surface area (TPSA) is 38.0 Å². The highest BCUT2D eigenvalue weighted by Crippen LogP contribution is 2.21. The van der Waals surface area contributed by atoms with Crippen molar-refractivity contribution in [2.75, 3.05) is 0 Å². The third-order valence-corrected chi connectivity index (χ3v) is 2.43. The first-order valence-electron chi connectivity index (χ1n) is 4.46. The van der Waals surface area contributed by atoms with Crippen LogP contribution in [0.2, 0.25) is 5.02 Å². The van der Waals surface area contributed by atoms with Crippen LogP contribution >= 0.6 is 11.6 Å². The van der Waals surface area contributed by atoms with Gasteiger partial charge in [-0.2, -0.15) is 5.10 Å². The number of halogens is 1. The van der Waals surface area contributed by atoms with Crippen molar-refractivity contribution in [3.05, 3.63) is 16.4 Å². The number of aliphatic hydroxyl groups excluding tert-OH is 1. The van der Waals surface area contributed by atoms with E-state index in [0.29, 0.717) is 11.4 Å². The van der Waals surface area contributed by atoms with Gasteiger partial charge in [-0.25, -0.2) is 0 Å². The fourth-order valence-electron chi connectivity index (χ4n) is 1.34. The van der Waals surface area contributed by atoms with E-state index in [0.717, 1.165) is 17.9 Å². The van der Waals surface area contributed by atoms with E-state index >= 15 is 0 Å². The highest BCUT2D eigenvalue weighted by atomic mass is 35.5. The summed E-state index contributed by atoms with van der Waals surface area (Å²) < 4.78 is 1.84. The number of hydrogen-bond donors (Lipinski definition) is 1. The third-order valence-electron chi connectivity index (χ3n) is 1.94. The van der Waals surface area contributed by atoms with E-state index in [-0.39, 0.29) is 6.10 Å². The fourth-order valence-corrected chi connectivity index (χ4v) is 1.56. The molecular formula is C9H15ClN2O. The largest absolute Gasteiger partial charge is 0.393 e. The molecule has 1 atom stereocenters. The molecule has 1 aromatic rings. The summed E-state index contributed by atoms with van der Waals surface area (Å²) in [5.74, 6) is 0. The molecule has 1 heterocycles. The maximum absolute atomic E-state index is 9.26. The van der Waals surface area contributed by atoms with Gasteiger partial charge >= 0.3 is 0 Å². The lowest BCUT2D eigenvalue weighted by Gasteiger charge is -2.06. The van der Waals surface area contributed by atoms with Gasteiger partial charge < -0.3 is 5.11 Å². The number of rotatable bonds is 3. The van der Waals surface area contributed by atoms with Gasteiger partial charge in [0.05, 0.1) is 22.5 Å². The van der Waals surface area contributed by atoms with Gasteiger partial charge in [-0.3, -0.25) is 4.68 Å². The van der Waals surface area contributed by atoms with Crippen LogP contribution in [0.1, 0.15) is 25.2 Å². The van der Waals surface area contributed by atoms with Crippen LogP contribution in [0.25, 0.3) is 0 Å². The van der Waals surface area contributed by atoms with E-state index in [9.17, 15) is 5.11 Å². The summed E-state index contributed by atoms with van der Waals surface area (Å²) >= 11 is 6.04. The zero-order valence-electron chi connectivity index (χ0n) is 8.21. The Balaban J connectivity index is 3.01. The van der Waals surface area contributed by atoms with Gasteiger partial charge in [0.2, 0.25) is 0 Å². The Hall–Kier alpha value is -0.540. The predicted molar refractivity (Wildman–Crippen MR) is 53.0 cm³/mol. The maximum atomic E-state index is 9.26. The van der Waals surface area contributed by atoms with Gasteiger partial charge in [-0.1, -0.05) is 11.6 Å². The molecule has 74 valence electrons. The standard InChI is InChI=1S/C9H15ClN2O/c1-4-12-8(5-6(2)13)9(10)7(3)11-12/h6,13H,4-5H2,1-3H3. The summed E-state index contributed by atoms with van der Waals surface area (Å²) in [6, 6.07) is 0. The van der Waals surface area contributed by atoms with Crippen LogP contribution in [0.4, 0.5) is 0 Å². The minimum Gasteiger partial charge on any atom is -0.393 e. The molecule has 1 N–H and O–H groups in total. The van der Waals surface area contributed by atoms with Crippen molar-refractivity contribution in [1.82, 2.24) is 9.78 Å². The molecule has 0 bridgehead atoms. The third kappa shape index (κ3) is 2.23. The Labute approximate surface area is 83.3 Å². The highest BCUT2D eigenvalue weighted by molar-refractivity contribution is 6.31. The maximum Gasteiger partial charge on any atom is 0.0848 e. The van der Waals surface area contributed by atoms with E-state index in [1.165, 1.54) is 0 Å². The summed E-state index contributed by atoms with van der Waals surface area (Å²) in [5, 5.41) is 14.2. The van der Waals surface area contributed by atoms with Gasteiger partial charge in [-0.05, 0) is 20.8 Å². The molecule has 0 fully saturated rings. The molecule has 0 saturated heterocycles. The first kappa shape index (κ1) is 10.5. The van der Waals surface area contributed by atoms with Crippen molar-refractivity contribution in [1.29, 1.82) is 0 Å². The molecule has 3 nitrogen and oxygen atoms in total. The van der Waals surface area contributed by atoms with Crippen molar-refractivity contribution >= 4 is 11.6 Å². The molecule has 13 heavy (non-hydrogen) atoms. The molecule has 0 radical (unpaired) electrons. The summed E-state index contributed by atoms with van der Waals surface area (Å²) in [5.41, 5.74) is 1.76. The number of aromatic nitrogens is 2. The minimum atomic E-state index is -0.376. The van der Waals surface area contributed by atoms with E-state index in [1.807, 2.05) is 18.5 Å².